The molecule has 0 radical (unpaired) electrons. The van der Waals surface area contributed by atoms with E-state index >= 15 is 0 Å². The molecule has 9 heteroatoms. The average Bonchev–Trinajstić information content (AvgIpc) is 3.49. The number of methoxy groups -OCH3 is 1. The first-order valence-corrected chi connectivity index (χ1v) is 11.1. The molecule has 3 aromatic carbocycles. The molecule has 3 aromatic rings. The van der Waals surface area contributed by atoms with Crippen LogP contribution in [0.5, 0.6) is 17.2 Å². The molecular formula is C25H22ClN3O5. The number of rotatable bonds is 6. The van der Waals surface area contributed by atoms with Crippen LogP contribution in [-0.4, -0.2) is 32.3 Å². The van der Waals surface area contributed by atoms with E-state index in [1.54, 1.807) is 31.2 Å². The van der Waals surface area contributed by atoms with Crippen LogP contribution in [0.2, 0.25) is 5.02 Å². The van der Waals surface area contributed by atoms with Gasteiger partial charge >= 0.3 is 5.97 Å². The number of esters is 1. The first-order chi connectivity index (χ1) is 16.6. The quantitative estimate of drug-likeness (QED) is 0.462. The minimum atomic E-state index is -0.527. The van der Waals surface area contributed by atoms with Crippen molar-refractivity contribution in [2.45, 2.75) is 13.1 Å². The third-order valence-electron chi connectivity index (χ3n) is 5.50. The van der Waals surface area contributed by atoms with Crippen molar-refractivity contribution >= 4 is 34.8 Å². The normalized spacial score (nSPS) is 16.4. The maximum Gasteiger partial charge on any atom is 0.376 e. The van der Waals surface area contributed by atoms with E-state index in [1.807, 2.05) is 59.5 Å². The van der Waals surface area contributed by atoms with Gasteiger partial charge in [0.05, 0.1) is 19.4 Å². The van der Waals surface area contributed by atoms with E-state index in [0.29, 0.717) is 22.3 Å². The van der Waals surface area contributed by atoms with Gasteiger partial charge in [0.15, 0.2) is 17.7 Å². The zero-order valence-corrected chi connectivity index (χ0v) is 19.4. The molecule has 5 rings (SSSR count). The van der Waals surface area contributed by atoms with Crippen LogP contribution in [0.25, 0.3) is 0 Å². The third-order valence-corrected chi connectivity index (χ3v) is 5.75. The van der Waals surface area contributed by atoms with Crippen molar-refractivity contribution in [3.05, 3.63) is 77.3 Å². The molecule has 0 spiro atoms. The van der Waals surface area contributed by atoms with Crippen LogP contribution in [0.3, 0.4) is 0 Å². The molecule has 0 saturated heterocycles. The standard InChI is InChI=1S/C25H22ClN3O5/c1-3-32-25(30)23-27-29(19-7-5-17(26)6-8-19)24(16-4-13-21-22(14-16)34-15-33-21)28(23)18-9-11-20(31-2)12-10-18/h4-14,24H,3,15H2,1-2H3. The Morgan fingerprint density at radius 1 is 1.03 bits per heavy atom. The maximum atomic E-state index is 13.0. The van der Waals surface area contributed by atoms with Gasteiger partial charge in [0, 0.05) is 16.3 Å². The second-order valence-electron chi connectivity index (χ2n) is 7.52. The van der Waals surface area contributed by atoms with E-state index in [4.69, 9.17) is 35.6 Å². The number of carbonyl (C=O) groups is 1. The highest BCUT2D eigenvalue weighted by Gasteiger charge is 2.41. The molecule has 0 aliphatic carbocycles. The van der Waals surface area contributed by atoms with Crippen molar-refractivity contribution < 1.29 is 23.7 Å². The highest BCUT2D eigenvalue weighted by Crippen LogP contribution is 2.43. The molecule has 0 amide bonds. The number of amidine groups is 1. The summed E-state index contributed by atoms with van der Waals surface area (Å²) in [5, 5.41) is 7.08. The molecular weight excluding hydrogens is 458 g/mol. The molecule has 34 heavy (non-hydrogen) atoms. The Balaban J connectivity index is 1.67. The van der Waals surface area contributed by atoms with Gasteiger partial charge in [-0.25, -0.2) is 9.80 Å². The van der Waals surface area contributed by atoms with Crippen LogP contribution in [-0.2, 0) is 9.53 Å². The fraction of sp³-hybridized carbons (Fsp3) is 0.200. The molecule has 1 atom stereocenters. The fourth-order valence-electron chi connectivity index (χ4n) is 3.93. The predicted molar refractivity (Wildman–Crippen MR) is 129 cm³/mol. The molecule has 8 nitrogen and oxygen atoms in total. The van der Waals surface area contributed by atoms with Gasteiger partial charge in [0.2, 0.25) is 12.6 Å². The molecule has 174 valence electrons. The van der Waals surface area contributed by atoms with Gasteiger partial charge < -0.3 is 18.9 Å². The minimum absolute atomic E-state index is 0.157. The van der Waals surface area contributed by atoms with Crippen molar-refractivity contribution in [1.29, 1.82) is 0 Å². The predicted octanol–water partition coefficient (Wildman–Crippen LogP) is 4.98. The lowest BCUT2D eigenvalue weighted by Gasteiger charge is -2.32. The van der Waals surface area contributed by atoms with Gasteiger partial charge in [-0.15, -0.1) is 5.10 Å². The zero-order chi connectivity index (χ0) is 23.7. The molecule has 0 fully saturated rings. The Morgan fingerprint density at radius 3 is 2.44 bits per heavy atom. The molecule has 0 N–H and O–H groups in total. The number of nitrogens with zero attached hydrogens (tertiary/aromatic N) is 3. The molecule has 2 aliphatic heterocycles. The lowest BCUT2D eigenvalue weighted by atomic mass is 10.1. The summed E-state index contributed by atoms with van der Waals surface area (Å²) in [4.78, 5) is 14.9. The van der Waals surface area contributed by atoms with E-state index in [1.165, 1.54) is 0 Å². The Bertz CT molecular complexity index is 1230. The van der Waals surface area contributed by atoms with Gasteiger partial charge in [-0.2, -0.15) is 0 Å². The van der Waals surface area contributed by atoms with Gasteiger partial charge in [-0.1, -0.05) is 17.7 Å². The Hall–Kier alpha value is -3.91. The first kappa shape index (κ1) is 21.9. The lowest BCUT2D eigenvalue weighted by Crippen LogP contribution is -2.39. The lowest BCUT2D eigenvalue weighted by molar-refractivity contribution is -0.135. The van der Waals surface area contributed by atoms with Crippen molar-refractivity contribution in [2.24, 2.45) is 5.10 Å². The second-order valence-corrected chi connectivity index (χ2v) is 7.96. The summed E-state index contributed by atoms with van der Waals surface area (Å²) in [5.74, 6) is 1.63. The maximum absolute atomic E-state index is 13.0. The van der Waals surface area contributed by atoms with E-state index in [-0.39, 0.29) is 19.2 Å². The number of halogens is 1. The van der Waals surface area contributed by atoms with E-state index < -0.39 is 12.1 Å². The topological polar surface area (TPSA) is 72.8 Å². The summed E-state index contributed by atoms with van der Waals surface area (Å²) in [7, 11) is 1.61. The SMILES string of the molecule is CCOC(=O)C1=NN(c2ccc(Cl)cc2)C(c2ccc3c(c2)OCO3)N1c1ccc(OC)cc1. The first-order valence-electron chi connectivity index (χ1n) is 10.7. The van der Waals surface area contributed by atoms with E-state index in [0.717, 1.165) is 16.9 Å². The number of anilines is 2. The largest absolute Gasteiger partial charge is 0.497 e. The Labute approximate surface area is 201 Å². The van der Waals surface area contributed by atoms with E-state index in [9.17, 15) is 4.79 Å². The number of hydrogen-bond donors (Lipinski definition) is 0. The summed E-state index contributed by atoms with van der Waals surface area (Å²) in [6, 6.07) is 20.4. The summed E-state index contributed by atoms with van der Waals surface area (Å²) in [6.45, 7) is 2.15. The van der Waals surface area contributed by atoms with E-state index in [2.05, 4.69) is 0 Å². The number of ether oxygens (including phenoxy) is 4. The average molecular weight is 480 g/mol. The molecule has 0 aromatic heterocycles. The Kier molecular flexibility index (Phi) is 5.90. The van der Waals surface area contributed by atoms with Crippen LogP contribution in [0, 0.1) is 0 Å². The minimum Gasteiger partial charge on any atom is -0.497 e. The van der Waals surface area contributed by atoms with Crippen LogP contribution in [0.15, 0.2) is 71.8 Å². The van der Waals surface area contributed by atoms with Crippen LogP contribution in [0.4, 0.5) is 11.4 Å². The summed E-state index contributed by atoms with van der Waals surface area (Å²) < 4.78 is 21.8. The molecule has 2 heterocycles. The summed E-state index contributed by atoms with van der Waals surface area (Å²) in [6.07, 6.45) is -0.511. The van der Waals surface area contributed by atoms with Crippen molar-refractivity contribution in [3.63, 3.8) is 0 Å². The fourth-order valence-corrected chi connectivity index (χ4v) is 4.05. The Morgan fingerprint density at radius 2 is 1.74 bits per heavy atom. The monoisotopic (exact) mass is 479 g/mol. The smallest absolute Gasteiger partial charge is 0.376 e. The van der Waals surface area contributed by atoms with Gasteiger partial charge in [-0.05, 0) is 67.6 Å². The summed E-state index contributed by atoms with van der Waals surface area (Å²) >= 11 is 6.13. The summed E-state index contributed by atoms with van der Waals surface area (Å²) in [5.41, 5.74) is 2.34. The van der Waals surface area contributed by atoms with Gasteiger partial charge in [0.1, 0.15) is 5.75 Å². The number of hydrogen-bond acceptors (Lipinski definition) is 8. The molecule has 0 saturated carbocycles. The van der Waals surface area contributed by atoms with Crippen molar-refractivity contribution in [2.75, 3.05) is 30.4 Å². The number of carbonyl (C=O) groups excluding carboxylic acids is 1. The number of hydrazone groups is 1. The molecule has 0 bridgehead atoms. The zero-order valence-electron chi connectivity index (χ0n) is 18.6. The molecule has 2 aliphatic rings. The molecule has 1 unspecified atom stereocenters. The highest BCUT2D eigenvalue weighted by molar-refractivity contribution is 6.42. The van der Waals surface area contributed by atoms with Gasteiger partial charge in [0.25, 0.3) is 0 Å². The number of benzene rings is 3. The van der Waals surface area contributed by atoms with Crippen LogP contribution >= 0.6 is 11.6 Å². The third kappa shape index (κ3) is 3.97. The van der Waals surface area contributed by atoms with Crippen LogP contribution < -0.4 is 24.1 Å². The van der Waals surface area contributed by atoms with Crippen LogP contribution in [0.1, 0.15) is 18.7 Å². The van der Waals surface area contributed by atoms with Crippen molar-refractivity contribution in [1.82, 2.24) is 0 Å². The number of fused-ring (bicyclic) bond motifs is 1. The highest BCUT2D eigenvalue weighted by atomic mass is 35.5. The van der Waals surface area contributed by atoms with Crippen molar-refractivity contribution in [3.8, 4) is 17.2 Å². The van der Waals surface area contributed by atoms with Gasteiger partial charge in [-0.3, -0.25) is 4.90 Å². The second kappa shape index (κ2) is 9.15.